The Morgan fingerprint density at radius 2 is 2.08 bits per heavy atom. The van der Waals surface area contributed by atoms with Gasteiger partial charge in [0.05, 0.1) is 18.7 Å². The summed E-state index contributed by atoms with van der Waals surface area (Å²) in [5, 5.41) is 4.60. The number of hydrogen-bond donors (Lipinski definition) is 0. The van der Waals surface area contributed by atoms with Gasteiger partial charge in [0.1, 0.15) is 11.9 Å². The zero-order chi connectivity index (χ0) is 18.2. The highest BCUT2D eigenvalue weighted by molar-refractivity contribution is 6.31. The van der Waals surface area contributed by atoms with Gasteiger partial charge in [0.2, 0.25) is 0 Å². The van der Waals surface area contributed by atoms with Crippen molar-refractivity contribution in [2.75, 3.05) is 13.2 Å². The Bertz CT molecular complexity index is 770. The van der Waals surface area contributed by atoms with Crippen molar-refractivity contribution in [2.24, 2.45) is 0 Å². The van der Waals surface area contributed by atoms with Crippen LogP contribution in [-0.4, -0.2) is 34.7 Å². The van der Waals surface area contributed by atoms with Crippen molar-refractivity contribution in [3.05, 3.63) is 52.4 Å². The summed E-state index contributed by atoms with van der Waals surface area (Å²) in [5.74, 6) is 0.737. The molecular formula is C19H23ClN2O3. The summed E-state index contributed by atoms with van der Waals surface area (Å²) < 4.78 is 11.3. The first-order valence-electron chi connectivity index (χ1n) is 8.44. The van der Waals surface area contributed by atoms with Crippen LogP contribution < -0.4 is 0 Å². The molecule has 1 aliphatic rings. The molecule has 1 aromatic heterocycles. The Hall–Kier alpha value is -1.85. The summed E-state index contributed by atoms with van der Waals surface area (Å²) in [4.78, 5) is 14.8. The number of halogens is 1. The second-order valence-corrected chi connectivity index (χ2v) is 7.73. The Morgan fingerprint density at radius 1 is 1.36 bits per heavy atom. The van der Waals surface area contributed by atoms with Gasteiger partial charge in [0, 0.05) is 22.6 Å². The van der Waals surface area contributed by atoms with Crippen molar-refractivity contribution in [3.8, 4) is 0 Å². The molecule has 1 aliphatic heterocycles. The van der Waals surface area contributed by atoms with Gasteiger partial charge >= 0.3 is 0 Å². The summed E-state index contributed by atoms with van der Waals surface area (Å²) in [6, 6.07) is 9.29. The first-order valence-corrected chi connectivity index (χ1v) is 8.82. The van der Waals surface area contributed by atoms with Crippen LogP contribution >= 0.6 is 11.6 Å². The van der Waals surface area contributed by atoms with E-state index in [0.717, 1.165) is 5.56 Å². The van der Waals surface area contributed by atoms with Gasteiger partial charge < -0.3 is 14.2 Å². The Balaban J connectivity index is 1.86. The lowest BCUT2D eigenvalue weighted by atomic mass is 9.97. The summed E-state index contributed by atoms with van der Waals surface area (Å²) in [7, 11) is 0. The molecule has 6 heteroatoms. The van der Waals surface area contributed by atoms with E-state index >= 15 is 0 Å². The molecule has 1 amide bonds. The first kappa shape index (κ1) is 18.0. The summed E-state index contributed by atoms with van der Waals surface area (Å²) in [6.07, 6.45) is -0.262. The Kier molecular flexibility index (Phi) is 4.89. The predicted molar refractivity (Wildman–Crippen MR) is 95.9 cm³/mol. The fraction of sp³-hybridized carbons (Fsp3) is 0.474. The summed E-state index contributed by atoms with van der Waals surface area (Å²) >= 11 is 6.30. The number of amides is 1. The predicted octanol–water partition coefficient (Wildman–Crippen LogP) is 4.44. The third kappa shape index (κ3) is 3.58. The lowest BCUT2D eigenvalue weighted by molar-refractivity contribution is -0.0848. The quantitative estimate of drug-likeness (QED) is 0.809. The number of benzene rings is 1. The molecule has 0 bridgehead atoms. The fourth-order valence-corrected chi connectivity index (χ4v) is 3.19. The zero-order valence-electron chi connectivity index (χ0n) is 15.0. The molecule has 0 aliphatic carbocycles. The van der Waals surface area contributed by atoms with E-state index in [-0.39, 0.29) is 17.9 Å². The van der Waals surface area contributed by atoms with E-state index in [1.165, 1.54) is 0 Å². The van der Waals surface area contributed by atoms with Gasteiger partial charge in [-0.1, -0.05) is 48.8 Å². The molecular weight excluding hydrogens is 340 g/mol. The number of nitrogens with zero attached hydrogens (tertiary/aromatic N) is 2. The summed E-state index contributed by atoms with van der Waals surface area (Å²) in [6.45, 7) is 8.80. The average Bonchev–Trinajstić information content (AvgIpc) is 3.05. The number of hydrogen-bond acceptors (Lipinski definition) is 4. The third-order valence-electron chi connectivity index (χ3n) is 4.53. The van der Waals surface area contributed by atoms with Gasteiger partial charge in [-0.25, -0.2) is 0 Å². The van der Waals surface area contributed by atoms with E-state index in [1.807, 2.05) is 52.0 Å². The van der Waals surface area contributed by atoms with Crippen LogP contribution in [0.25, 0.3) is 0 Å². The van der Waals surface area contributed by atoms with Gasteiger partial charge in [-0.3, -0.25) is 4.79 Å². The minimum Gasteiger partial charge on any atom is -0.369 e. The first-order chi connectivity index (χ1) is 11.8. The molecule has 1 atom stereocenters. The number of aromatic nitrogens is 1. The highest BCUT2D eigenvalue weighted by atomic mass is 35.5. The van der Waals surface area contributed by atoms with E-state index in [0.29, 0.717) is 29.6 Å². The maximum atomic E-state index is 13.0. The molecule has 134 valence electrons. The van der Waals surface area contributed by atoms with Crippen molar-refractivity contribution < 1.29 is 14.1 Å². The molecule has 25 heavy (non-hydrogen) atoms. The molecule has 0 saturated carbocycles. The molecule has 0 N–H and O–H groups in total. The van der Waals surface area contributed by atoms with Crippen molar-refractivity contribution >= 4 is 17.5 Å². The van der Waals surface area contributed by atoms with Crippen LogP contribution in [0.4, 0.5) is 0 Å². The molecule has 0 spiro atoms. The highest BCUT2D eigenvalue weighted by Gasteiger charge is 2.40. The summed E-state index contributed by atoms with van der Waals surface area (Å²) in [5.41, 5.74) is 0.781. The molecule has 2 aromatic rings. The standard InChI is InChI=1S/C19H23ClN2O3/c1-12(2)16-9-15(21-25-16)18(23)22-10-17(24-11-19(22,3)4)13-7-5-6-8-14(13)20/h5-9,12,17H,10-11H2,1-4H3. The number of morpholine rings is 1. The highest BCUT2D eigenvalue weighted by Crippen LogP contribution is 2.34. The van der Waals surface area contributed by atoms with Crippen LogP contribution in [0.1, 0.15) is 61.5 Å². The van der Waals surface area contributed by atoms with Crippen molar-refractivity contribution in [1.29, 1.82) is 0 Å². The number of ether oxygens (including phenoxy) is 1. The lowest BCUT2D eigenvalue weighted by Gasteiger charge is -2.45. The smallest absolute Gasteiger partial charge is 0.276 e. The van der Waals surface area contributed by atoms with Crippen molar-refractivity contribution in [1.82, 2.24) is 10.1 Å². The van der Waals surface area contributed by atoms with E-state index < -0.39 is 5.54 Å². The Labute approximate surface area is 152 Å². The van der Waals surface area contributed by atoms with E-state index in [1.54, 1.807) is 11.0 Å². The van der Waals surface area contributed by atoms with Crippen molar-refractivity contribution in [3.63, 3.8) is 0 Å². The molecule has 0 radical (unpaired) electrons. The Morgan fingerprint density at radius 3 is 2.72 bits per heavy atom. The maximum Gasteiger partial charge on any atom is 0.276 e. The largest absolute Gasteiger partial charge is 0.369 e. The normalized spacial score (nSPS) is 20.1. The number of carbonyl (C=O) groups is 1. The maximum absolute atomic E-state index is 13.0. The van der Waals surface area contributed by atoms with Gasteiger partial charge in [0.25, 0.3) is 5.91 Å². The van der Waals surface area contributed by atoms with E-state index in [4.69, 9.17) is 20.9 Å². The van der Waals surface area contributed by atoms with Crippen LogP contribution in [0.2, 0.25) is 5.02 Å². The topological polar surface area (TPSA) is 55.6 Å². The SMILES string of the molecule is CC(C)c1cc(C(=O)N2CC(c3ccccc3Cl)OCC2(C)C)no1. The van der Waals surface area contributed by atoms with Crippen LogP contribution in [0.3, 0.4) is 0 Å². The van der Waals surface area contributed by atoms with Crippen LogP contribution in [0.5, 0.6) is 0 Å². The molecule has 3 rings (SSSR count). The molecule has 1 unspecified atom stereocenters. The van der Waals surface area contributed by atoms with Crippen LogP contribution in [0, 0.1) is 0 Å². The average molecular weight is 363 g/mol. The van der Waals surface area contributed by atoms with E-state index in [9.17, 15) is 4.79 Å². The number of rotatable bonds is 3. The van der Waals surface area contributed by atoms with E-state index in [2.05, 4.69) is 5.16 Å². The van der Waals surface area contributed by atoms with Crippen LogP contribution in [0.15, 0.2) is 34.9 Å². The lowest BCUT2D eigenvalue weighted by Crippen LogP contribution is -2.56. The molecule has 1 aromatic carbocycles. The molecule has 5 nitrogen and oxygen atoms in total. The minimum absolute atomic E-state index is 0.152. The molecule has 1 fully saturated rings. The van der Waals surface area contributed by atoms with Gasteiger partial charge in [-0.15, -0.1) is 0 Å². The van der Waals surface area contributed by atoms with Gasteiger partial charge in [-0.05, 0) is 19.9 Å². The molecule has 2 heterocycles. The monoisotopic (exact) mass is 362 g/mol. The molecule has 1 saturated heterocycles. The number of carbonyl (C=O) groups excluding carboxylic acids is 1. The minimum atomic E-state index is -0.439. The second-order valence-electron chi connectivity index (χ2n) is 7.32. The van der Waals surface area contributed by atoms with Crippen molar-refractivity contribution in [2.45, 2.75) is 45.3 Å². The van der Waals surface area contributed by atoms with Gasteiger partial charge in [0.15, 0.2) is 5.69 Å². The zero-order valence-corrected chi connectivity index (χ0v) is 15.7. The third-order valence-corrected chi connectivity index (χ3v) is 4.87. The van der Waals surface area contributed by atoms with Gasteiger partial charge in [-0.2, -0.15) is 0 Å². The second kappa shape index (κ2) is 6.81. The van der Waals surface area contributed by atoms with Crippen LogP contribution in [-0.2, 0) is 4.74 Å². The fourth-order valence-electron chi connectivity index (χ4n) is 2.93.